The number of nitrogens with zero attached hydrogens (tertiary/aromatic N) is 1. The van der Waals surface area contributed by atoms with Gasteiger partial charge in [0.25, 0.3) is 11.8 Å². The lowest BCUT2D eigenvalue weighted by Crippen LogP contribution is -2.34. The molecular weight excluding hydrogens is 546 g/mol. The number of carbonyl (C=O) groups is 3. The Labute approximate surface area is 221 Å². The molecule has 0 radical (unpaired) electrons. The van der Waals surface area contributed by atoms with Gasteiger partial charge in [0.2, 0.25) is 0 Å². The Bertz CT molecular complexity index is 1310. The number of carbonyl (C=O) groups excluding carboxylic acids is 3. The minimum Gasteiger partial charge on any atom is -0.497 e. The van der Waals surface area contributed by atoms with Gasteiger partial charge >= 0.3 is 5.97 Å². The average Bonchev–Trinajstić information content (AvgIpc) is 2.92. The Kier molecular flexibility index (Phi) is 9.61. The van der Waals surface area contributed by atoms with Crippen molar-refractivity contribution in [3.8, 4) is 23.0 Å². The van der Waals surface area contributed by atoms with Gasteiger partial charge in [0.1, 0.15) is 11.5 Å². The monoisotopic (exact) mass is 569 g/mol. The quantitative estimate of drug-likeness (QED) is 0.165. The van der Waals surface area contributed by atoms with E-state index in [1.165, 1.54) is 33.6 Å². The van der Waals surface area contributed by atoms with E-state index in [4.69, 9.17) is 18.9 Å². The average molecular weight is 570 g/mol. The van der Waals surface area contributed by atoms with Crippen LogP contribution in [0.3, 0.4) is 0 Å². The zero-order chi connectivity index (χ0) is 26.8. The minimum absolute atomic E-state index is 0.240. The molecule has 0 fully saturated rings. The summed E-state index contributed by atoms with van der Waals surface area (Å²) in [4.78, 5) is 37.1. The number of hydrogen-bond donors (Lipinski definition) is 2. The van der Waals surface area contributed by atoms with Crippen molar-refractivity contribution in [3.05, 3.63) is 81.8 Å². The highest BCUT2D eigenvalue weighted by Crippen LogP contribution is 2.27. The summed E-state index contributed by atoms with van der Waals surface area (Å²) in [6.07, 6.45) is 1.33. The number of hydrazone groups is 1. The third-order valence-corrected chi connectivity index (χ3v) is 5.44. The topological polar surface area (TPSA) is 125 Å². The second kappa shape index (κ2) is 13.1. The molecule has 0 unspecified atom stereocenters. The SMILES string of the molecule is COc1ccc(C(=O)Oc2ccc(Br)cc2/C=N/NC(=O)CNC(=O)c2ccc(OC)c(OC)c2)cc1. The van der Waals surface area contributed by atoms with Crippen LogP contribution in [0.25, 0.3) is 0 Å². The van der Waals surface area contributed by atoms with Crippen molar-refractivity contribution in [2.45, 2.75) is 0 Å². The molecule has 2 amide bonds. The number of benzene rings is 3. The Hall–Kier alpha value is -4.38. The number of methoxy groups -OCH3 is 3. The fourth-order valence-electron chi connectivity index (χ4n) is 3.05. The summed E-state index contributed by atoms with van der Waals surface area (Å²) >= 11 is 3.36. The van der Waals surface area contributed by atoms with Crippen molar-refractivity contribution in [2.75, 3.05) is 27.9 Å². The van der Waals surface area contributed by atoms with Crippen LogP contribution < -0.4 is 29.7 Å². The fourth-order valence-corrected chi connectivity index (χ4v) is 3.43. The lowest BCUT2D eigenvalue weighted by molar-refractivity contribution is -0.120. The van der Waals surface area contributed by atoms with Gasteiger partial charge in [-0.15, -0.1) is 0 Å². The van der Waals surface area contributed by atoms with Crippen molar-refractivity contribution in [3.63, 3.8) is 0 Å². The molecule has 11 heteroatoms. The van der Waals surface area contributed by atoms with Crippen LogP contribution >= 0.6 is 15.9 Å². The first-order valence-corrected chi connectivity index (χ1v) is 11.6. The predicted octanol–water partition coefficient (Wildman–Crippen LogP) is 3.57. The largest absolute Gasteiger partial charge is 0.497 e. The molecule has 192 valence electrons. The molecule has 0 atom stereocenters. The minimum atomic E-state index is -0.568. The summed E-state index contributed by atoms with van der Waals surface area (Å²) in [6, 6.07) is 16.1. The molecule has 0 aliphatic rings. The maximum atomic E-state index is 12.5. The van der Waals surface area contributed by atoms with Crippen molar-refractivity contribution < 1.29 is 33.3 Å². The predicted molar refractivity (Wildman–Crippen MR) is 140 cm³/mol. The standard InChI is InChI=1S/C26H24BrN3O7/c1-34-20-8-4-16(5-9-20)26(33)37-21-11-7-19(27)12-18(21)14-29-30-24(31)15-28-25(32)17-6-10-22(35-2)23(13-17)36-3/h4-14H,15H2,1-3H3,(H,28,32)(H,30,31)/b29-14+. The molecule has 37 heavy (non-hydrogen) atoms. The molecule has 0 saturated heterocycles. The summed E-state index contributed by atoms with van der Waals surface area (Å²) < 4.78 is 21.6. The summed E-state index contributed by atoms with van der Waals surface area (Å²) in [6.45, 7) is -0.317. The second-order valence-corrected chi connectivity index (χ2v) is 8.26. The third kappa shape index (κ3) is 7.55. The van der Waals surface area contributed by atoms with E-state index in [0.717, 1.165) is 0 Å². The van der Waals surface area contributed by atoms with E-state index in [-0.39, 0.29) is 12.3 Å². The molecule has 0 bridgehead atoms. The Balaban J connectivity index is 1.59. The summed E-state index contributed by atoms with van der Waals surface area (Å²) in [5, 5.41) is 6.41. The van der Waals surface area contributed by atoms with E-state index >= 15 is 0 Å². The highest BCUT2D eigenvalue weighted by molar-refractivity contribution is 9.10. The van der Waals surface area contributed by atoms with Gasteiger partial charge in [-0.1, -0.05) is 15.9 Å². The number of halogens is 1. The summed E-state index contributed by atoms with van der Waals surface area (Å²) in [7, 11) is 4.48. The van der Waals surface area contributed by atoms with Crippen LogP contribution in [0.4, 0.5) is 0 Å². The van der Waals surface area contributed by atoms with Crippen LogP contribution in [-0.2, 0) is 4.79 Å². The summed E-state index contributed by atoms with van der Waals surface area (Å²) in [5.41, 5.74) is 3.40. The number of ether oxygens (including phenoxy) is 4. The first-order chi connectivity index (χ1) is 17.8. The molecule has 3 aromatic rings. The van der Waals surface area contributed by atoms with E-state index in [1.54, 1.807) is 54.6 Å². The zero-order valence-electron chi connectivity index (χ0n) is 20.2. The second-order valence-electron chi connectivity index (χ2n) is 7.35. The van der Waals surface area contributed by atoms with Gasteiger partial charge in [0, 0.05) is 15.6 Å². The number of esters is 1. The van der Waals surface area contributed by atoms with Crippen LogP contribution in [0.1, 0.15) is 26.3 Å². The molecule has 10 nitrogen and oxygen atoms in total. The van der Waals surface area contributed by atoms with Gasteiger partial charge in [0.05, 0.1) is 39.7 Å². The van der Waals surface area contributed by atoms with Crippen molar-refractivity contribution in [1.82, 2.24) is 10.7 Å². The van der Waals surface area contributed by atoms with Gasteiger partial charge in [-0.05, 0) is 60.7 Å². The lowest BCUT2D eigenvalue weighted by atomic mass is 10.2. The van der Waals surface area contributed by atoms with Crippen LogP contribution in [-0.4, -0.2) is 51.9 Å². The van der Waals surface area contributed by atoms with Gasteiger partial charge in [-0.2, -0.15) is 5.10 Å². The first kappa shape index (κ1) is 27.2. The van der Waals surface area contributed by atoms with E-state index < -0.39 is 17.8 Å². The smallest absolute Gasteiger partial charge is 0.343 e. The molecule has 3 rings (SSSR count). The molecule has 0 heterocycles. The van der Waals surface area contributed by atoms with Crippen molar-refractivity contribution >= 4 is 39.9 Å². The number of amides is 2. The lowest BCUT2D eigenvalue weighted by Gasteiger charge is -2.10. The third-order valence-electron chi connectivity index (χ3n) is 4.95. The van der Waals surface area contributed by atoms with Gasteiger partial charge in [-0.25, -0.2) is 10.2 Å². The van der Waals surface area contributed by atoms with Crippen molar-refractivity contribution in [2.24, 2.45) is 5.10 Å². The van der Waals surface area contributed by atoms with Crippen LogP contribution in [0.2, 0.25) is 0 Å². The Morgan fingerprint density at radius 2 is 1.51 bits per heavy atom. The normalized spacial score (nSPS) is 10.5. The van der Waals surface area contributed by atoms with Crippen LogP contribution in [0, 0.1) is 0 Å². The Morgan fingerprint density at radius 1 is 0.838 bits per heavy atom. The molecule has 0 aliphatic carbocycles. The van der Waals surface area contributed by atoms with Crippen LogP contribution in [0.15, 0.2) is 70.2 Å². The van der Waals surface area contributed by atoms with Gasteiger partial charge in [0.15, 0.2) is 11.5 Å². The highest BCUT2D eigenvalue weighted by atomic mass is 79.9. The highest BCUT2D eigenvalue weighted by Gasteiger charge is 2.13. The fraction of sp³-hybridized carbons (Fsp3) is 0.154. The summed E-state index contributed by atoms with van der Waals surface area (Å²) in [5.74, 6) is 0.125. The van der Waals surface area contributed by atoms with E-state index in [1.807, 2.05) is 0 Å². The number of nitrogens with one attached hydrogen (secondary N) is 2. The first-order valence-electron chi connectivity index (χ1n) is 10.8. The van der Waals surface area contributed by atoms with Crippen molar-refractivity contribution in [1.29, 1.82) is 0 Å². The maximum absolute atomic E-state index is 12.5. The molecule has 0 saturated carbocycles. The van der Waals surface area contributed by atoms with E-state index in [9.17, 15) is 14.4 Å². The number of hydrogen-bond acceptors (Lipinski definition) is 8. The van der Waals surface area contributed by atoms with Gasteiger partial charge < -0.3 is 24.3 Å². The van der Waals surface area contributed by atoms with Gasteiger partial charge in [-0.3, -0.25) is 9.59 Å². The molecular formula is C26H24BrN3O7. The zero-order valence-corrected chi connectivity index (χ0v) is 21.8. The molecule has 0 spiro atoms. The molecule has 2 N–H and O–H groups in total. The van der Waals surface area contributed by atoms with E-state index in [2.05, 4.69) is 31.8 Å². The molecule has 0 aliphatic heterocycles. The molecule has 3 aromatic carbocycles. The Morgan fingerprint density at radius 3 is 2.19 bits per heavy atom. The van der Waals surface area contributed by atoms with E-state index in [0.29, 0.717) is 38.4 Å². The maximum Gasteiger partial charge on any atom is 0.343 e. The molecule has 0 aromatic heterocycles. The van der Waals surface area contributed by atoms with Crippen LogP contribution in [0.5, 0.6) is 23.0 Å². The number of rotatable bonds is 10.